The summed E-state index contributed by atoms with van der Waals surface area (Å²) < 4.78 is 22.4. The van der Waals surface area contributed by atoms with Crippen LogP contribution in [0.25, 0.3) is 10.9 Å². The first-order chi connectivity index (χ1) is 20.9. The van der Waals surface area contributed by atoms with E-state index >= 15 is 0 Å². The summed E-state index contributed by atoms with van der Waals surface area (Å²) in [4.78, 5) is 0. The first kappa shape index (κ1) is 30.0. The van der Waals surface area contributed by atoms with Gasteiger partial charge in [-0.05, 0) is 54.1 Å². The second-order valence-corrected chi connectivity index (χ2v) is 13.5. The zero-order valence-electron chi connectivity index (χ0n) is 25.0. The molecule has 3 unspecified atom stereocenters. The van der Waals surface area contributed by atoms with E-state index in [0.29, 0.717) is 12.0 Å². The van der Waals surface area contributed by atoms with Crippen LogP contribution in [0.2, 0.25) is 0 Å². The van der Waals surface area contributed by atoms with Gasteiger partial charge in [0.2, 0.25) is 5.52 Å². The third-order valence-electron chi connectivity index (χ3n) is 9.56. The Hall–Kier alpha value is -3.09. The van der Waals surface area contributed by atoms with Gasteiger partial charge >= 0.3 is 0 Å². The average Bonchev–Trinajstić information content (AvgIpc) is 3.04. The third kappa shape index (κ3) is 5.88. The molecule has 0 spiro atoms. The van der Waals surface area contributed by atoms with Crippen molar-refractivity contribution in [3.8, 4) is 17.2 Å². The summed E-state index contributed by atoms with van der Waals surface area (Å²) in [7, 11) is 5.19. The molecule has 3 fully saturated rings. The minimum Gasteiger partial charge on any atom is -0.497 e. The highest BCUT2D eigenvalue weighted by Crippen LogP contribution is 2.45. The minimum absolute atomic E-state index is 0.478. The maximum Gasteiger partial charge on any atom is 0.213 e. The standard InChI is InChI=1S/C36H38Br2N2O3/c1-5-24-22-40(23-28-19-31(42-3)7-10-35(28)38)15-13-25(24)16-29(40)17-26-12-14-39(36-11-8-32(43-4)20-33(26)36)21-27-18-30(41-2)6-9-34(27)37/h6-12,14,18-20,25,29H,1,13,15-17,21-23H2,2-4H3/q+2. The van der Waals surface area contributed by atoms with Gasteiger partial charge in [-0.15, -0.1) is 5.73 Å². The van der Waals surface area contributed by atoms with E-state index in [9.17, 15) is 0 Å². The Bertz CT molecular complexity index is 1730. The van der Waals surface area contributed by atoms with Gasteiger partial charge in [0.15, 0.2) is 12.7 Å². The summed E-state index contributed by atoms with van der Waals surface area (Å²) in [6.45, 7) is 7.91. The molecule has 0 amide bonds. The molecule has 3 aromatic carbocycles. The van der Waals surface area contributed by atoms with Gasteiger partial charge in [0.1, 0.15) is 30.3 Å². The molecule has 3 aliphatic heterocycles. The lowest BCUT2D eigenvalue weighted by Gasteiger charge is -2.55. The summed E-state index contributed by atoms with van der Waals surface area (Å²) in [6, 6.07) is 21.7. The van der Waals surface area contributed by atoms with E-state index in [4.69, 9.17) is 14.2 Å². The number of nitrogens with zero attached hydrogens (tertiary/aromatic N) is 2. The van der Waals surface area contributed by atoms with Crippen molar-refractivity contribution in [2.45, 2.75) is 38.4 Å². The van der Waals surface area contributed by atoms with Gasteiger partial charge in [0.25, 0.3) is 0 Å². The molecule has 2 bridgehead atoms. The van der Waals surface area contributed by atoms with Crippen molar-refractivity contribution in [1.82, 2.24) is 0 Å². The van der Waals surface area contributed by atoms with Gasteiger partial charge in [-0.25, -0.2) is 0 Å². The summed E-state index contributed by atoms with van der Waals surface area (Å²) in [5.74, 6) is 3.19. The Kier molecular flexibility index (Phi) is 8.70. The number of hydrogen-bond acceptors (Lipinski definition) is 3. The van der Waals surface area contributed by atoms with Crippen molar-refractivity contribution in [2.24, 2.45) is 5.92 Å². The van der Waals surface area contributed by atoms with Crippen LogP contribution >= 0.6 is 31.9 Å². The van der Waals surface area contributed by atoms with Gasteiger partial charge in [-0.1, -0.05) is 38.4 Å². The molecule has 0 radical (unpaired) electrons. The molecule has 4 aromatic rings. The second kappa shape index (κ2) is 12.5. The lowest BCUT2D eigenvalue weighted by atomic mass is 9.75. The largest absolute Gasteiger partial charge is 0.497 e. The zero-order chi connectivity index (χ0) is 30.1. The maximum absolute atomic E-state index is 5.71. The lowest BCUT2D eigenvalue weighted by molar-refractivity contribution is -0.971. The molecule has 0 N–H and O–H groups in total. The fourth-order valence-electron chi connectivity index (χ4n) is 7.19. The molecule has 7 rings (SSSR count). The molecule has 0 aliphatic carbocycles. The van der Waals surface area contributed by atoms with Crippen molar-refractivity contribution in [1.29, 1.82) is 0 Å². The molecule has 43 heavy (non-hydrogen) atoms. The van der Waals surface area contributed by atoms with Crippen LogP contribution in [0.4, 0.5) is 0 Å². The van der Waals surface area contributed by atoms with Gasteiger partial charge in [-0.2, -0.15) is 4.57 Å². The smallest absolute Gasteiger partial charge is 0.213 e. The first-order valence-corrected chi connectivity index (χ1v) is 16.3. The number of hydrogen-bond donors (Lipinski definition) is 0. The number of piperidine rings is 3. The van der Waals surface area contributed by atoms with E-state index in [1.807, 2.05) is 12.1 Å². The van der Waals surface area contributed by atoms with E-state index < -0.39 is 0 Å². The van der Waals surface area contributed by atoms with Gasteiger partial charge < -0.3 is 18.7 Å². The number of quaternary nitrogens is 1. The SMILES string of the molecule is C=C=C1C[N+]2(Cc3cc(OC)ccc3Br)CCC1CC2Cc1cc[n+](Cc2cc(OC)ccc2Br)c2ccc(OC)cc12. The minimum atomic E-state index is 0.478. The monoisotopic (exact) mass is 704 g/mol. The van der Waals surface area contributed by atoms with E-state index in [1.54, 1.807) is 21.3 Å². The number of halogens is 2. The fraction of sp³-hybridized carbons (Fsp3) is 0.333. The molecule has 1 aromatic heterocycles. The van der Waals surface area contributed by atoms with E-state index in [2.05, 4.69) is 103 Å². The third-order valence-corrected chi connectivity index (χ3v) is 11.1. The molecular weight excluding hydrogens is 668 g/mol. The van der Waals surface area contributed by atoms with Crippen LogP contribution in [-0.4, -0.2) is 44.9 Å². The number of methoxy groups -OCH3 is 3. The van der Waals surface area contributed by atoms with Crippen LogP contribution in [0.5, 0.6) is 17.2 Å². The predicted octanol–water partition coefficient (Wildman–Crippen LogP) is 7.79. The quantitative estimate of drug-likeness (QED) is 0.101. The Morgan fingerprint density at radius 2 is 1.51 bits per heavy atom. The summed E-state index contributed by atoms with van der Waals surface area (Å²) in [6.07, 6.45) is 5.58. The number of rotatable bonds is 9. The normalized spacial score (nSPS) is 21.1. The Morgan fingerprint density at radius 1 is 0.860 bits per heavy atom. The summed E-state index contributed by atoms with van der Waals surface area (Å²) >= 11 is 7.59. The van der Waals surface area contributed by atoms with Gasteiger partial charge in [-0.3, -0.25) is 0 Å². The van der Waals surface area contributed by atoms with Crippen LogP contribution < -0.4 is 18.8 Å². The van der Waals surface area contributed by atoms with E-state index in [-0.39, 0.29) is 0 Å². The average molecular weight is 707 g/mol. The Labute approximate surface area is 271 Å². The fourth-order valence-corrected chi connectivity index (χ4v) is 7.93. The predicted molar refractivity (Wildman–Crippen MR) is 178 cm³/mol. The highest BCUT2D eigenvalue weighted by atomic mass is 79.9. The van der Waals surface area contributed by atoms with Crippen molar-refractivity contribution in [3.63, 3.8) is 0 Å². The summed E-state index contributed by atoms with van der Waals surface area (Å²) in [5, 5.41) is 1.24. The van der Waals surface area contributed by atoms with Crippen molar-refractivity contribution >= 4 is 42.8 Å². The van der Waals surface area contributed by atoms with Crippen LogP contribution in [0.1, 0.15) is 29.5 Å². The molecule has 0 saturated carbocycles. The molecule has 222 valence electrons. The van der Waals surface area contributed by atoms with E-state index in [1.165, 1.54) is 39.6 Å². The molecular formula is C36H38Br2N2O3+2. The first-order valence-electron chi connectivity index (χ1n) is 14.7. The lowest BCUT2D eigenvalue weighted by Crippen LogP contribution is -2.64. The Morgan fingerprint density at radius 3 is 2.21 bits per heavy atom. The number of fused-ring (bicyclic) bond motifs is 4. The van der Waals surface area contributed by atoms with Crippen LogP contribution in [0, 0.1) is 5.92 Å². The van der Waals surface area contributed by atoms with Crippen molar-refractivity contribution in [2.75, 3.05) is 34.4 Å². The molecule has 5 nitrogen and oxygen atoms in total. The Balaban J connectivity index is 1.39. The molecule has 3 aliphatic rings. The van der Waals surface area contributed by atoms with Crippen molar-refractivity contribution < 1.29 is 23.3 Å². The maximum atomic E-state index is 5.71. The number of aromatic nitrogens is 1. The molecule has 3 saturated heterocycles. The van der Waals surface area contributed by atoms with E-state index in [0.717, 1.165) is 69.7 Å². The zero-order valence-corrected chi connectivity index (χ0v) is 28.2. The van der Waals surface area contributed by atoms with Crippen molar-refractivity contribution in [3.05, 3.63) is 110 Å². The van der Waals surface area contributed by atoms with Crippen LogP contribution in [0.15, 0.2) is 93.7 Å². The highest BCUT2D eigenvalue weighted by Gasteiger charge is 2.50. The topological polar surface area (TPSA) is 31.6 Å². The number of benzene rings is 3. The second-order valence-electron chi connectivity index (χ2n) is 11.8. The van der Waals surface area contributed by atoms with Crippen LogP contribution in [0.3, 0.4) is 0 Å². The molecule has 4 heterocycles. The molecule has 3 atom stereocenters. The molecule has 7 heteroatoms. The summed E-state index contributed by atoms with van der Waals surface area (Å²) in [5.41, 5.74) is 9.74. The number of ether oxygens (including phenoxy) is 3. The van der Waals surface area contributed by atoms with Gasteiger partial charge in [0, 0.05) is 63.0 Å². The van der Waals surface area contributed by atoms with Crippen LogP contribution in [-0.2, 0) is 19.5 Å². The van der Waals surface area contributed by atoms with Gasteiger partial charge in [0.05, 0.1) is 39.3 Å². The number of pyridine rings is 1. The highest BCUT2D eigenvalue weighted by molar-refractivity contribution is 9.10.